The lowest BCUT2D eigenvalue weighted by molar-refractivity contribution is -0.149. The first-order valence-corrected chi connectivity index (χ1v) is 25.1. The molecule has 2 aliphatic heterocycles. The molecule has 2 atom stereocenters. The first-order valence-electron chi connectivity index (χ1n) is 25.1. The van der Waals surface area contributed by atoms with Gasteiger partial charge in [-0.05, 0) is 138 Å². The first kappa shape index (κ1) is 52.6. The van der Waals surface area contributed by atoms with E-state index in [1.807, 2.05) is 44.7 Å². The summed E-state index contributed by atoms with van der Waals surface area (Å²) in [4.78, 5) is 64.1. The molecule has 4 aliphatic rings. The van der Waals surface area contributed by atoms with Gasteiger partial charge in [0.25, 0.3) is 17.7 Å². The molecule has 4 N–H and O–H groups in total. The van der Waals surface area contributed by atoms with Crippen LogP contribution in [0, 0.1) is 23.5 Å². The van der Waals surface area contributed by atoms with Crippen LogP contribution in [-0.4, -0.2) is 145 Å². The summed E-state index contributed by atoms with van der Waals surface area (Å²) < 4.78 is 30.1. The minimum Gasteiger partial charge on any atom is -0.479 e. The number of aliphatic carboxylic acids is 1. The maximum atomic E-state index is 13.6. The van der Waals surface area contributed by atoms with E-state index in [9.17, 15) is 33.1 Å². The standard InChI is InChI=1S/C27H32FN5O3.C22H24FN5O.C5H10O3.H2/c1-16(2)23(34)26(36)31-11-12-32(27(3,4)15-31)25(35)22-14-33-24(29-22)20(17-5-6-17)13-21(30-33)18-7-9-19(28)10-8-18;1-22(2)13-24-9-10-27(22)21(29)19-12-28-20(25-19)17(14-3-4-14)11-18(26-28)15-5-7-16(23)8-6-15;1-3(2)4(6)5(7)8;/h7-10,13-14,16-17,23,34H,5-6,11-12,15H2,1-4H3;5-8,11-12,14,24H,3-4,9-10,13H2,1-2H3;3-4,6H,1-2H3,(H,7,8);1H. The number of carbonyl (C=O) groups is 4. The molecular weight excluding hydrogens is 939 g/mol. The quantitative estimate of drug-likeness (QED) is 0.109. The molecule has 0 bridgehead atoms. The van der Waals surface area contributed by atoms with E-state index < -0.39 is 23.7 Å². The fourth-order valence-electron chi connectivity index (χ4n) is 9.23. The Morgan fingerprint density at radius 1 is 0.658 bits per heavy atom. The van der Waals surface area contributed by atoms with Gasteiger partial charge in [0.15, 0.2) is 17.4 Å². The van der Waals surface area contributed by atoms with Crippen molar-refractivity contribution < 1.29 is 44.7 Å². The Morgan fingerprint density at radius 2 is 1.10 bits per heavy atom. The van der Waals surface area contributed by atoms with E-state index in [-0.39, 0.29) is 48.2 Å². The molecule has 4 fully saturated rings. The largest absolute Gasteiger partial charge is 0.479 e. The normalized spacial score (nSPS) is 18.2. The van der Waals surface area contributed by atoms with E-state index in [0.717, 1.165) is 72.4 Å². The summed E-state index contributed by atoms with van der Waals surface area (Å²) in [5.74, 6) is -1.87. The van der Waals surface area contributed by atoms with Gasteiger partial charge in [0.2, 0.25) is 0 Å². The Balaban J connectivity index is 0.000000189. The Morgan fingerprint density at radius 3 is 1.47 bits per heavy atom. The SMILES string of the molecule is CC(C)C(O)C(=O)N1CCN(C(=O)c2cn3nc(-c4ccc(F)cc4)cc(C4CC4)c3n2)C(C)(C)C1.CC(C)C(O)C(=O)O.CC1(C)CNCCN1C(=O)c1cn2nc(-c3ccc(F)cc3)cc(C3CC3)c2n1.[HH]. The number of nitrogens with zero attached hydrogens (tertiary/aromatic N) is 9. The van der Waals surface area contributed by atoms with Crippen LogP contribution in [0.15, 0.2) is 73.1 Å². The van der Waals surface area contributed by atoms with E-state index in [0.29, 0.717) is 60.7 Å². The number of halogens is 2. The number of carboxylic acid groups (broad SMARTS) is 1. The van der Waals surface area contributed by atoms with Crippen molar-refractivity contribution in [3.8, 4) is 22.5 Å². The van der Waals surface area contributed by atoms with Gasteiger partial charge in [-0.3, -0.25) is 14.4 Å². The summed E-state index contributed by atoms with van der Waals surface area (Å²) >= 11 is 0. The zero-order chi connectivity index (χ0) is 52.7. The number of carboxylic acids is 1. The molecule has 390 valence electrons. The summed E-state index contributed by atoms with van der Waals surface area (Å²) in [5.41, 5.74) is 6.50. The minimum absolute atomic E-state index is 0. The van der Waals surface area contributed by atoms with Crippen LogP contribution in [0.3, 0.4) is 0 Å². The number of hydrogen-bond donors (Lipinski definition) is 4. The molecule has 0 radical (unpaired) electrons. The molecule has 2 saturated carbocycles. The number of piperazine rings is 2. The molecule has 2 unspecified atom stereocenters. The van der Waals surface area contributed by atoms with E-state index in [1.54, 1.807) is 69.3 Å². The lowest BCUT2D eigenvalue weighted by Crippen LogP contribution is -2.63. The number of imidazole rings is 2. The molecule has 19 heteroatoms. The van der Waals surface area contributed by atoms with Crippen molar-refractivity contribution in [3.05, 3.63) is 107 Å². The van der Waals surface area contributed by atoms with Gasteiger partial charge >= 0.3 is 5.97 Å². The predicted octanol–water partition coefficient (Wildman–Crippen LogP) is 7.06. The maximum absolute atomic E-state index is 13.6. The third-order valence-electron chi connectivity index (χ3n) is 13.9. The van der Waals surface area contributed by atoms with Crippen molar-refractivity contribution in [2.24, 2.45) is 11.8 Å². The predicted molar refractivity (Wildman–Crippen MR) is 272 cm³/mol. The van der Waals surface area contributed by atoms with Crippen molar-refractivity contribution in [3.63, 3.8) is 0 Å². The topological polar surface area (TPSA) is 211 Å². The third kappa shape index (κ3) is 11.7. The Kier molecular flexibility index (Phi) is 15.2. The lowest BCUT2D eigenvalue weighted by atomic mass is 9.96. The molecule has 4 aromatic heterocycles. The summed E-state index contributed by atoms with van der Waals surface area (Å²) in [6.07, 6.45) is 5.47. The van der Waals surface area contributed by atoms with Gasteiger partial charge in [-0.2, -0.15) is 10.2 Å². The highest BCUT2D eigenvalue weighted by Gasteiger charge is 2.42. The van der Waals surface area contributed by atoms with Gasteiger partial charge in [-0.15, -0.1) is 0 Å². The fourth-order valence-corrected chi connectivity index (χ4v) is 9.23. The zero-order valence-electron chi connectivity index (χ0n) is 42.7. The summed E-state index contributed by atoms with van der Waals surface area (Å²) in [7, 11) is 0. The summed E-state index contributed by atoms with van der Waals surface area (Å²) in [6, 6.07) is 16.6. The average Bonchev–Trinajstić information content (AvgIpc) is 4.29. The number of aromatic nitrogens is 6. The number of benzene rings is 2. The highest BCUT2D eigenvalue weighted by atomic mass is 19.1. The van der Waals surface area contributed by atoms with Crippen LogP contribution < -0.4 is 5.32 Å². The van der Waals surface area contributed by atoms with E-state index in [1.165, 1.54) is 24.3 Å². The van der Waals surface area contributed by atoms with Gasteiger partial charge in [0.05, 0.1) is 34.9 Å². The van der Waals surface area contributed by atoms with Crippen LogP contribution >= 0.6 is 0 Å². The summed E-state index contributed by atoms with van der Waals surface area (Å²) in [6.45, 7) is 18.1. The lowest BCUT2D eigenvalue weighted by Gasteiger charge is -2.47. The Hall–Kier alpha value is -6.70. The number of aliphatic hydroxyl groups excluding tert-OH is 2. The zero-order valence-corrected chi connectivity index (χ0v) is 42.7. The molecule has 73 heavy (non-hydrogen) atoms. The van der Waals surface area contributed by atoms with Crippen molar-refractivity contribution in [1.29, 1.82) is 0 Å². The first-order chi connectivity index (χ1) is 34.5. The second-order valence-corrected chi connectivity index (χ2v) is 21.5. The van der Waals surface area contributed by atoms with Gasteiger partial charge < -0.3 is 35.3 Å². The number of nitrogens with one attached hydrogen (secondary N) is 1. The molecule has 2 aromatic carbocycles. The average molecular weight is 1010 g/mol. The number of aliphatic hydroxyl groups is 2. The Bertz CT molecular complexity index is 3010. The number of carbonyl (C=O) groups excluding carboxylic acids is 3. The number of amides is 3. The fraction of sp³-hybridized carbons (Fsp3) is 0.481. The molecule has 6 heterocycles. The second-order valence-electron chi connectivity index (χ2n) is 21.5. The van der Waals surface area contributed by atoms with Crippen LogP contribution in [0.5, 0.6) is 0 Å². The van der Waals surface area contributed by atoms with Crippen LogP contribution in [0.4, 0.5) is 8.78 Å². The van der Waals surface area contributed by atoms with Crippen LogP contribution in [0.25, 0.3) is 33.8 Å². The Labute approximate surface area is 424 Å². The minimum atomic E-state index is -1.21. The molecule has 0 spiro atoms. The molecule has 3 amide bonds. The molecule has 6 aromatic rings. The molecule has 2 aliphatic carbocycles. The van der Waals surface area contributed by atoms with Gasteiger partial charge in [0, 0.05) is 62.9 Å². The van der Waals surface area contributed by atoms with E-state index in [2.05, 4.69) is 29.4 Å². The smallest absolute Gasteiger partial charge is 0.332 e. The van der Waals surface area contributed by atoms with Crippen molar-refractivity contribution in [2.75, 3.05) is 39.3 Å². The van der Waals surface area contributed by atoms with E-state index in [4.69, 9.17) is 20.2 Å². The van der Waals surface area contributed by atoms with Gasteiger partial charge in [0.1, 0.15) is 29.1 Å². The number of rotatable bonds is 10. The summed E-state index contributed by atoms with van der Waals surface area (Å²) in [5, 5.41) is 39.6. The van der Waals surface area contributed by atoms with Crippen molar-refractivity contribution >= 4 is 35.0 Å². The van der Waals surface area contributed by atoms with Gasteiger partial charge in [-0.25, -0.2) is 32.6 Å². The van der Waals surface area contributed by atoms with Crippen molar-refractivity contribution in [2.45, 2.75) is 116 Å². The number of fused-ring (bicyclic) bond motifs is 2. The molecular formula is C54H68F2N10O7. The van der Waals surface area contributed by atoms with E-state index >= 15 is 0 Å². The van der Waals surface area contributed by atoms with Crippen LogP contribution in [0.1, 0.15) is 126 Å². The molecule has 2 saturated heterocycles. The van der Waals surface area contributed by atoms with Crippen molar-refractivity contribution in [1.82, 2.24) is 49.2 Å². The molecule has 10 rings (SSSR count). The highest BCUT2D eigenvalue weighted by molar-refractivity contribution is 5.94. The van der Waals surface area contributed by atoms with Crippen LogP contribution in [-0.2, 0) is 9.59 Å². The third-order valence-corrected chi connectivity index (χ3v) is 13.9. The van der Waals surface area contributed by atoms with Gasteiger partial charge in [-0.1, -0.05) is 27.7 Å². The molecule has 17 nitrogen and oxygen atoms in total. The monoisotopic (exact) mass is 1010 g/mol. The number of hydrogen-bond acceptors (Lipinski definition) is 11. The second kappa shape index (κ2) is 21.0. The highest BCUT2D eigenvalue weighted by Crippen LogP contribution is 2.44. The van der Waals surface area contributed by atoms with Crippen LogP contribution in [0.2, 0.25) is 0 Å². The maximum Gasteiger partial charge on any atom is 0.332 e.